The first-order valence-corrected chi connectivity index (χ1v) is 7.72. The Morgan fingerprint density at radius 1 is 1.29 bits per heavy atom. The predicted octanol–water partition coefficient (Wildman–Crippen LogP) is 4.64. The Hall–Kier alpha value is -1.32. The second-order valence-electron chi connectivity index (χ2n) is 5.63. The second-order valence-corrected chi connectivity index (χ2v) is 6.07. The number of nitrogens with zero attached hydrogens (tertiary/aromatic N) is 1. The molecule has 1 heterocycles. The van der Waals surface area contributed by atoms with Gasteiger partial charge in [-0.05, 0) is 36.2 Å². The minimum Gasteiger partial charge on any atom is -0.349 e. The van der Waals surface area contributed by atoms with Crippen molar-refractivity contribution >= 4 is 11.6 Å². The summed E-state index contributed by atoms with van der Waals surface area (Å²) in [5.74, 6) is 0.248. The molecule has 2 aromatic rings. The maximum Gasteiger partial charge on any atom is 0.129 e. The zero-order valence-corrected chi connectivity index (χ0v) is 13.5. The van der Waals surface area contributed by atoms with Crippen LogP contribution in [0.15, 0.2) is 36.7 Å². The normalized spacial score (nSPS) is 12.9. The summed E-state index contributed by atoms with van der Waals surface area (Å²) >= 11 is 5.78. The fourth-order valence-electron chi connectivity index (χ4n) is 2.55. The van der Waals surface area contributed by atoms with Crippen LogP contribution in [0.4, 0.5) is 4.39 Å². The lowest BCUT2D eigenvalue weighted by molar-refractivity contribution is 0.421. The van der Waals surface area contributed by atoms with Gasteiger partial charge in [0.25, 0.3) is 0 Å². The topological polar surface area (TPSA) is 17.0 Å². The number of rotatable bonds is 6. The van der Waals surface area contributed by atoms with Gasteiger partial charge < -0.3 is 9.88 Å². The summed E-state index contributed by atoms with van der Waals surface area (Å²) in [7, 11) is 0. The maximum absolute atomic E-state index is 13.8. The van der Waals surface area contributed by atoms with E-state index in [2.05, 4.69) is 38.4 Å². The van der Waals surface area contributed by atoms with Crippen LogP contribution in [0.2, 0.25) is 5.02 Å². The molecule has 1 unspecified atom stereocenters. The van der Waals surface area contributed by atoms with Crippen LogP contribution in [0.5, 0.6) is 0 Å². The molecule has 0 bridgehead atoms. The third-order valence-electron chi connectivity index (χ3n) is 3.59. The molecule has 114 valence electrons. The second kappa shape index (κ2) is 7.10. The van der Waals surface area contributed by atoms with Gasteiger partial charge in [-0.2, -0.15) is 0 Å². The number of nitrogens with one attached hydrogen (secondary N) is 1. The Bertz CT molecular complexity index is 592. The molecule has 1 atom stereocenters. The van der Waals surface area contributed by atoms with E-state index in [1.165, 1.54) is 11.6 Å². The highest BCUT2D eigenvalue weighted by molar-refractivity contribution is 6.30. The molecular weight excluding hydrogens is 287 g/mol. The smallest absolute Gasteiger partial charge is 0.129 e. The van der Waals surface area contributed by atoms with Crippen molar-refractivity contribution in [2.75, 3.05) is 6.54 Å². The Kier molecular flexibility index (Phi) is 5.43. The summed E-state index contributed by atoms with van der Waals surface area (Å²) in [6.45, 7) is 7.95. The van der Waals surface area contributed by atoms with E-state index in [1.54, 1.807) is 12.1 Å². The van der Waals surface area contributed by atoms with Crippen LogP contribution in [-0.2, 0) is 6.54 Å². The number of hydrogen-bond donors (Lipinski definition) is 1. The van der Waals surface area contributed by atoms with Crippen LogP contribution in [0, 0.1) is 11.7 Å². The molecule has 0 amide bonds. The number of hydrogen-bond acceptors (Lipinski definition) is 1. The van der Waals surface area contributed by atoms with Gasteiger partial charge in [-0.1, -0.05) is 38.4 Å². The van der Waals surface area contributed by atoms with Gasteiger partial charge in [-0.15, -0.1) is 0 Å². The number of aromatic nitrogens is 1. The van der Waals surface area contributed by atoms with E-state index in [9.17, 15) is 4.39 Å². The van der Waals surface area contributed by atoms with Crippen molar-refractivity contribution in [1.29, 1.82) is 0 Å². The molecular formula is C17H22ClFN2. The minimum absolute atomic E-state index is 0.259. The van der Waals surface area contributed by atoms with Crippen molar-refractivity contribution in [3.63, 3.8) is 0 Å². The van der Waals surface area contributed by atoms with Gasteiger partial charge in [0.2, 0.25) is 0 Å². The Morgan fingerprint density at radius 2 is 2.05 bits per heavy atom. The molecule has 0 aliphatic carbocycles. The molecule has 1 N–H and O–H groups in total. The van der Waals surface area contributed by atoms with Crippen molar-refractivity contribution in [2.45, 2.75) is 33.4 Å². The molecule has 2 rings (SSSR count). The van der Waals surface area contributed by atoms with Crippen molar-refractivity contribution < 1.29 is 4.39 Å². The molecule has 0 spiro atoms. The molecule has 4 heteroatoms. The SMILES string of the molecule is CCNC(c1ccn(Cc2ccc(Cl)cc2F)c1)C(C)C. The van der Waals surface area contributed by atoms with Gasteiger partial charge in [0.1, 0.15) is 5.82 Å². The first kappa shape index (κ1) is 16.1. The molecule has 0 saturated carbocycles. The third-order valence-corrected chi connectivity index (χ3v) is 3.83. The van der Waals surface area contributed by atoms with E-state index in [0.29, 0.717) is 29.1 Å². The van der Waals surface area contributed by atoms with Gasteiger partial charge in [-0.25, -0.2) is 4.39 Å². The van der Waals surface area contributed by atoms with Crippen LogP contribution < -0.4 is 5.32 Å². The summed E-state index contributed by atoms with van der Waals surface area (Å²) in [6, 6.07) is 7.24. The van der Waals surface area contributed by atoms with Crippen molar-refractivity contribution in [2.24, 2.45) is 5.92 Å². The third kappa shape index (κ3) is 4.08. The van der Waals surface area contributed by atoms with E-state index in [1.807, 2.05) is 10.8 Å². The van der Waals surface area contributed by atoms with E-state index >= 15 is 0 Å². The van der Waals surface area contributed by atoms with Crippen molar-refractivity contribution in [3.05, 3.63) is 58.6 Å². The molecule has 0 fully saturated rings. The highest BCUT2D eigenvalue weighted by Crippen LogP contribution is 2.23. The lowest BCUT2D eigenvalue weighted by atomic mass is 9.98. The van der Waals surface area contributed by atoms with Gasteiger partial charge >= 0.3 is 0 Å². The van der Waals surface area contributed by atoms with Crippen LogP contribution >= 0.6 is 11.6 Å². The van der Waals surface area contributed by atoms with Crippen LogP contribution in [0.3, 0.4) is 0 Å². The molecule has 1 aromatic carbocycles. The molecule has 0 aliphatic rings. The van der Waals surface area contributed by atoms with E-state index < -0.39 is 0 Å². The van der Waals surface area contributed by atoms with E-state index in [0.717, 1.165) is 6.54 Å². The summed E-state index contributed by atoms with van der Waals surface area (Å²) in [4.78, 5) is 0. The fourth-order valence-corrected chi connectivity index (χ4v) is 2.71. The first-order valence-electron chi connectivity index (χ1n) is 7.34. The monoisotopic (exact) mass is 308 g/mol. The molecule has 2 nitrogen and oxygen atoms in total. The Labute approximate surface area is 130 Å². The van der Waals surface area contributed by atoms with Crippen LogP contribution in [-0.4, -0.2) is 11.1 Å². The molecule has 1 aromatic heterocycles. The average molecular weight is 309 g/mol. The van der Waals surface area contributed by atoms with Gasteiger partial charge in [-0.3, -0.25) is 0 Å². The standard InChI is InChI=1S/C17H22ClFN2/c1-4-20-17(12(2)3)14-7-8-21(11-14)10-13-5-6-15(18)9-16(13)19/h5-9,11-12,17,20H,4,10H2,1-3H3. The molecule has 0 aliphatic heterocycles. The largest absolute Gasteiger partial charge is 0.349 e. The van der Waals surface area contributed by atoms with Crippen LogP contribution in [0.1, 0.15) is 37.9 Å². The van der Waals surface area contributed by atoms with Gasteiger partial charge in [0, 0.05) is 35.6 Å². The summed E-state index contributed by atoms with van der Waals surface area (Å²) in [5, 5.41) is 3.92. The quantitative estimate of drug-likeness (QED) is 0.823. The Balaban J connectivity index is 2.15. The lowest BCUT2D eigenvalue weighted by Crippen LogP contribution is -2.25. The van der Waals surface area contributed by atoms with E-state index in [-0.39, 0.29) is 5.82 Å². The van der Waals surface area contributed by atoms with Crippen molar-refractivity contribution in [3.8, 4) is 0 Å². The molecule has 0 radical (unpaired) electrons. The van der Waals surface area contributed by atoms with Gasteiger partial charge in [0.05, 0.1) is 0 Å². The maximum atomic E-state index is 13.8. The average Bonchev–Trinajstić information content (AvgIpc) is 2.87. The lowest BCUT2D eigenvalue weighted by Gasteiger charge is -2.20. The first-order chi connectivity index (χ1) is 10.0. The Morgan fingerprint density at radius 3 is 2.67 bits per heavy atom. The molecule has 21 heavy (non-hydrogen) atoms. The van der Waals surface area contributed by atoms with Crippen LogP contribution in [0.25, 0.3) is 0 Å². The highest BCUT2D eigenvalue weighted by Gasteiger charge is 2.15. The summed E-state index contributed by atoms with van der Waals surface area (Å²) in [6.07, 6.45) is 4.08. The predicted molar refractivity (Wildman–Crippen MR) is 86.2 cm³/mol. The van der Waals surface area contributed by atoms with Gasteiger partial charge in [0.15, 0.2) is 0 Å². The number of benzene rings is 1. The fraction of sp³-hybridized carbons (Fsp3) is 0.412. The zero-order chi connectivity index (χ0) is 15.4. The summed E-state index contributed by atoms with van der Waals surface area (Å²) < 4.78 is 15.8. The highest BCUT2D eigenvalue weighted by atomic mass is 35.5. The molecule has 0 saturated heterocycles. The summed E-state index contributed by atoms with van der Waals surface area (Å²) in [5.41, 5.74) is 1.88. The van der Waals surface area contributed by atoms with E-state index in [4.69, 9.17) is 11.6 Å². The van der Waals surface area contributed by atoms with Crippen molar-refractivity contribution in [1.82, 2.24) is 9.88 Å². The zero-order valence-electron chi connectivity index (χ0n) is 12.7. The minimum atomic E-state index is -0.259. The number of halogens is 2.